The van der Waals surface area contributed by atoms with Gasteiger partial charge in [-0.3, -0.25) is 29.8 Å². The number of amides is 6. The molecule has 3 N–H and O–H groups in total. The highest BCUT2D eigenvalue weighted by Gasteiger charge is 2.39. The second kappa shape index (κ2) is 8.74. The molecule has 9 heteroatoms. The average molecular weight is 463 g/mol. The maximum absolute atomic E-state index is 12.9. The van der Waals surface area contributed by atoms with Crippen molar-refractivity contribution in [3.63, 3.8) is 0 Å². The lowest BCUT2D eigenvalue weighted by Gasteiger charge is -2.29. The SMILES string of the molecule is CC(C)(C)c1ccc(NC(=O)NC(=O)c2ccc3c(c2)C(=O)N(C2CCC(=O)NC2=O)C3)cc1. The molecule has 9 nitrogen and oxygen atoms in total. The Balaban J connectivity index is 1.40. The summed E-state index contributed by atoms with van der Waals surface area (Å²) < 4.78 is 0. The van der Waals surface area contributed by atoms with Crippen molar-refractivity contribution in [2.45, 2.75) is 51.6 Å². The van der Waals surface area contributed by atoms with Crippen molar-refractivity contribution in [2.24, 2.45) is 0 Å². The van der Waals surface area contributed by atoms with E-state index in [1.54, 1.807) is 18.2 Å². The van der Waals surface area contributed by atoms with E-state index in [9.17, 15) is 24.0 Å². The number of urea groups is 1. The second-order valence-corrected chi connectivity index (χ2v) is 9.51. The summed E-state index contributed by atoms with van der Waals surface area (Å²) in [6, 6.07) is 10.5. The van der Waals surface area contributed by atoms with E-state index >= 15 is 0 Å². The van der Waals surface area contributed by atoms with Crippen molar-refractivity contribution < 1.29 is 24.0 Å². The predicted molar refractivity (Wildman–Crippen MR) is 124 cm³/mol. The number of nitrogens with one attached hydrogen (secondary N) is 3. The molecule has 0 radical (unpaired) electrons. The summed E-state index contributed by atoms with van der Waals surface area (Å²) in [7, 11) is 0. The number of hydrogen-bond acceptors (Lipinski definition) is 5. The van der Waals surface area contributed by atoms with Gasteiger partial charge in [0, 0.05) is 29.8 Å². The summed E-state index contributed by atoms with van der Waals surface area (Å²) in [6.07, 6.45) is 0.423. The number of imide groups is 2. The minimum Gasteiger partial charge on any atom is -0.322 e. The van der Waals surface area contributed by atoms with Crippen molar-refractivity contribution in [1.82, 2.24) is 15.5 Å². The first-order valence-corrected chi connectivity index (χ1v) is 11.0. The first-order chi connectivity index (χ1) is 16.0. The van der Waals surface area contributed by atoms with E-state index < -0.39 is 23.9 Å². The molecule has 1 unspecified atom stereocenters. The van der Waals surface area contributed by atoms with E-state index in [1.165, 1.54) is 17.0 Å². The Bertz CT molecular complexity index is 1200. The van der Waals surface area contributed by atoms with Gasteiger partial charge in [-0.2, -0.15) is 0 Å². The van der Waals surface area contributed by atoms with Crippen LogP contribution in [-0.4, -0.2) is 40.6 Å². The van der Waals surface area contributed by atoms with Crippen molar-refractivity contribution >= 4 is 35.3 Å². The summed E-state index contributed by atoms with van der Waals surface area (Å²) in [4.78, 5) is 62.8. The van der Waals surface area contributed by atoms with Gasteiger partial charge in [-0.15, -0.1) is 0 Å². The van der Waals surface area contributed by atoms with Crippen molar-refractivity contribution in [2.75, 3.05) is 5.32 Å². The molecule has 2 aromatic rings. The Kier molecular flexibility index (Phi) is 5.95. The van der Waals surface area contributed by atoms with Crippen molar-refractivity contribution in [3.05, 3.63) is 64.7 Å². The molecular formula is C25H26N4O5. The van der Waals surface area contributed by atoms with Crippen LogP contribution in [0.15, 0.2) is 42.5 Å². The fourth-order valence-corrected chi connectivity index (χ4v) is 4.09. The zero-order chi connectivity index (χ0) is 24.6. The number of benzene rings is 2. The number of piperidine rings is 1. The third kappa shape index (κ3) is 4.68. The van der Waals surface area contributed by atoms with Crippen LogP contribution < -0.4 is 16.0 Å². The number of nitrogens with zero attached hydrogens (tertiary/aromatic N) is 1. The molecule has 0 bridgehead atoms. The quantitative estimate of drug-likeness (QED) is 0.605. The predicted octanol–water partition coefficient (Wildman–Crippen LogP) is 2.71. The molecule has 0 aliphatic carbocycles. The van der Waals surface area contributed by atoms with E-state index in [0.29, 0.717) is 16.8 Å². The van der Waals surface area contributed by atoms with E-state index in [-0.39, 0.29) is 42.2 Å². The Labute approximate surface area is 196 Å². The van der Waals surface area contributed by atoms with E-state index in [4.69, 9.17) is 0 Å². The molecule has 176 valence electrons. The van der Waals surface area contributed by atoms with Crippen LogP contribution in [0.1, 0.15) is 65.5 Å². The number of fused-ring (bicyclic) bond motifs is 1. The molecule has 6 amide bonds. The highest BCUT2D eigenvalue weighted by atomic mass is 16.2. The highest BCUT2D eigenvalue weighted by molar-refractivity contribution is 6.10. The van der Waals surface area contributed by atoms with Gasteiger partial charge >= 0.3 is 6.03 Å². The van der Waals surface area contributed by atoms with E-state index in [0.717, 1.165) is 5.56 Å². The number of hydrogen-bond donors (Lipinski definition) is 3. The van der Waals surface area contributed by atoms with Gasteiger partial charge in [-0.05, 0) is 47.2 Å². The van der Waals surface area contributed by atoms with Crippen molar-refractivity contribution in [3.8, 4) is 0 Å². The van der Waals surface area contributed by atoms with Crippen LogP contribution in [0.4, 0.5) is 10.5 Å². The largest absolute Gasteiger partial charge is 0.326 e. The van der Waals surface area contributed by atoms with Crippen molar-refractivity contribution in [1.29, 1.82) is 0 Å². The van der Waals surface area contributed by atoms with Gasteiger partial charge in [-0.1, -0.05) is 39.0 Å². The van der Waals surface area contributed by atoms with Gasteiger partial charge in [0.15, 0.2) is 0 Å². The van der Waals surface area contributed by atoms with Gasteiger partial charge in [0.2, 0.25) is 11.8 Å². The molecule has 1 saturated heterocycles. The van der Waals surface area contributed by atoms with Crippen LogP contribution in [0, 0.1) is 0 Å². The Morgan fingerprint density at radius 2 is 1.74 bits per heavy atom. The monoisotopic (exact) mass is 462 g/mol. The molecule has 2 aliphatic heterocycles. The normalized spacial score (nSPS) is 17.8. The van der Waals surface area contributed by atoms with Crippen LogP contribution in [0.2, 0.25) is 0 Å². The minimum atomic E-state index is -0.731. The molecule has 2 aromatic carbocycles. The average Bonchev–Trinajstić information content (AvgIpc) is 3.09. The topological polar surface area (TPSA) is 125 Å². The lowest BCUT2D eigenvalue weighted by molar-refractivity contribution is -0.136. The van der Waals surface area contributed by atoms with Crippen LogP contribution >= 0.6 is 0 Å². The van der Waals surface area contributed by atoms with Gasteiger partial charge in [0.1, 0.15) is 6.04 Å². The van der Waals surface area contributed by atoms with Gasteiger partial charge in [0.25, 0.3) is 11.8 Å². The molecule has 2 heterocycles. The molecule has 1 fully saturated rings. The standard InChI is InChI=1S/C25H26N4O5/c1-25(2,3)16-6-8-17(9-7-16)26-24(34)28-21(31)14-4-5-15-13-29(23(33)18(15)12-14)19-10-11-20(30)27-22(19)32/h4-9,12,19H,10-11,13H2,1-3H3,(H,27,30,32)(H2,26,28,31,34). The second-order valence-electron chi connectivity index (χ2n) is 9.51. The Hall–Kier alpha value is -4.01. The zero-order valence-corrected chi connectivity index (χ0v) is 19.2. The van der Waals surface area contributed by atoms with Crippen LogP contribution in [0.5, 0.6) is 0 Å². The summed E-state index contributed by atoms with van der Waals surface area (Å²) in [5.74, 6) is -1.89. The third-order valence-electron chi connectivity index (χ3n) is 6.03. The van der Waals surface area contributed by atoms with E-state index in [1.807, 2.05) is 12.1 Å². The maximum atomic E-state index is 12.9. The van der Waals surface area contributed by atoms with Crippen LogP contribution in [0.25, 0.3) is 0 Å². The van der Waals surface area contributed by atoms with E-state index in [2.05, 4.69) is 36.7 Å². The maximum Gasteiger partial charge on any atom is 0.326 e. The first kappa shape index (κ1) is 23.2. The molecule has 1 atom stereocenters. The lowest BCUT2D eigenvalue weighted by Crippen LogP contribution is -2.52. The zero-order valence-electron chi connectivity index (χ0n) is 19.2. The summed E-state index contributed by atoms with van der Waals surface area (Å²) >= 11 is 0. The highest BCUT2D eigenvalue weighted by Crippen LogP contribution is 2.28. The fourth-order valence-electron chi connectivity index (χ4n) is 4.09. The number of anilines is 1. The van der Waals surface area contributed by atoms with Gasteiger partial charge in [-0.25, -0.2) is 4.79 Å². The molecule has 4 rings (SSSR count). The smallest absolute Gasteiger partial charge is 0.322 e. The molecule has 0 spiro atoms. The third-order valence-corrected chi connectivity index (χ3v) is 6.03. The molecular weight excluding hydrogens is 436 g/mol. The fraction of sp³-hybridized carbons (Fsp3) is 0.320. The molecule has 34 heavy (non-hydrogen) atoms. The molecule has 0 aromatic heterocycles. The first-order valence-electron chi connectivity index (χ1n) is 11.0. The molecule has 2 aliphatic rings. The van der Waals surface area contributed by atoms with Gasteiger partial charge in [0.05, 0.1) is 0 Å². The Morgan fingerprint density at radius 3 is 2.38 bits per heavy atom. The van der Waals surface area contributed by atoms with Crippen LogP contribution in [0.3, 0.4) is 0 Å². The lowest BCUT2D eigenvalue weighted by atomic mass is 9.87. The number of carbonyl (C=O) groups excluding carboxylic acids is 5. The van der Waals surface area contributed by atoms with Crippen LogP contribution in [-0.2, 0) is 21.5 Å². The van der Waals surface area contributed by atoms with Gasteiger partial charge < -0.3 is 10.2 Å². The molecule has 0 saturated carbocycles. The summed E-state index contributed by atoms with van der Waals surface area (Å²) in [6.45, 7) is 6.48. The Morgan fingerprint density at radius 1 is 1.03 bits per heavy atom. The summed E-state index contributed by atoms with van der Waals surface area (Å²) in [5.41, 5.74) is 2.77. The summed E-state index contributed by atoms with van der Waals surface area (Å²) in [5, 5.41) is 7.14. The number of rotatable bonds is 3. The number of carbonyl (C=O) groups is 5. The minimum absolute atomic E-state index is 0.0183.